The highest BCUT2D eigenvalue weighted by Gasteiger charge is 2.68. The molecule has 1 atom stereocenters. The smallest absolute Gasteiger partial charge is 0.324 e. The number of benzene rings is 1. The molecular formula is C15H17ClO4. The minimum atomic E-state index is -1.18. The van der Waals surface area contributed by atoms with Gasteiger partial charge in [0.1, 0.15) is 0 Å². The minimum absolute atomic E-state index is 0.196. The number of hydrogen-bond acceptors (Lipinski definition) is 4. The third-order valence-electron chi connectivity index (χ3n) is 3.51. The second-order valence-electron chi connectivity index (χ2n) is 4.72. The summed E-state index contributed by atoms with van der Waals surface area (Å²) in [6.45, 7) is 3.92. The number of halogens is 1. The van der Waals surface area contributed by atoms with Gasteiger partial charge in [0.2, 0.25) is 0 Å². The Kier molecular flexibility index (Phi) is 4.33. The van der Waals surface area contributed by atoms with Crippen LogP contribution in [0, 0.1) is 5.41 Å². The van der Waals surface area contributed by atoms with Gasteiger partial charge in [-0.2, -0.15) is 0 Å². The summed E-state index contributed by atoms with van der Waals surface area (Å²) in [5.41, 5.74) is -0.282. The molecule has 4 nitrogen and oxygen atoms in total. The van der Waals surface area contributed by atoms with Gasteiger partial charge in [-0.05, 0) is 38.0 Å². The van der Waals surface area contributed by atoms with E-state index in [2.05, 4.69) is 0 Å². The zero-order valence-corrected chi connectivity index (χ0v) is 12.3. The Labute approximate surface area is 123 Å². The predicted octanol–water partition coefficient (Wildman–Crippen LogP) is 2.94. The van der Waals surface area contributed by atoms with E-state index in [1.807, 2.05) is 12.1 Å². The molecule has 1 aliphatic carbocycles. The van der Waals surface area contributed by atoms with Crippen molar-refractivity contribution in [1.29, 1.82) is 0 Å². The number of carbonyl (C=O) groups excluding carboxylic acids is 2. The SMILES string of the molecule is CCOC(=O)C1(C(=O)OCC)C[C@H]1c1ccc(Cl)cc1. The van der Waals surface area contributed by atoms with Gasteiger partial charge in [0, 0.05) is 10.9 Å². The number of rotatable bonds is 5. The molecular weight excluding hydrogens is 280 g/mol. The average molecular weight is 297 g/mol. The van der Waals surface area contributed by atoms with Crippen LogP contribution in [0.4, 0.5) is 0 Å². The summed E-state index contributed by atoms with van der Waals surface area (Å²) in [5, 5.41) is 0.618. The maximum Gasteiger partial charge on any atom is 0.324 e. The molecule has 0 saturated heterocycles. The van der Waals surface area contributed by atoms with Crippen LogP contribution in [0.25, 0.3) is 0 Å². The van der Waals surface area contributed by atoms with E-state index in [4.69, 9.17) is 21.1 Å². The monoisotopic (exact) mass is 296 g/mol. The second kappa shape index (κ2) is 5.83. The van der Waals surface area contributed by atoms with E-state index in [1.165, 1.54) is 0 Å². The molecule has 108 valence electrons. The van der Waals surface area contributed by atoms with Crippen molar-refractivity contribution in [1.82, 2.24) is 0 Å². The van der Waals surface area contributed by atoms with Crippen molar-refractivity contribution in [2.45, 2.75) is 26.2 Å². The Bertz CT molecular complexity index is 491. The first kappa shape index (κ1) is 14.9. The summed E-state index contributed by atoms with van der Waals surface area (Å²) in [5.74, 6) is -1.20. The van der Waals surface area contributed by atoms with Crippen molar-refractivity contribution in [3.8, 4) is 0 Å². The molecule has 1 fully saturated rings. The molecule has 2 rings (SSSR count). The molecule has 1 aromatic carbocycles. The van der Waals surface area contributed by atoms with Crippen molar-refractivity contribution in [3.63, 3.8) is 0 Å². The third kappa shape index (κ3) is 2.52. The minimum Gasteiger partial charge on any atom is -0.465 e. The standard InChI is InChI=1S/C15H17ClO4/c1-3-19-13(17)15(14(18)20-4-2)9-12(15)10-5-7-11(16)8-6-10/h5-8,12H,3-4,9H2,1-2H3/t12-/m0/s1. The van der Waals surface area contributed by atoms with Crippen LogP contribution in [0.15, 0.2) is 24.3 Å². The summed E-state index contributed by atoms with van der Waals surface area (Å²) in [6.07, 6.45) is 0.423. The summed E-state index contributed by atoms with van der Waals surface area (Å²) >= 11 is 5.85. The van der Waals surface area contributed by atoms with E-state index in [-0.39, 0.29) is 19.1 Å². The van der Waals surface area contributed by atoms with Crippen molar-refractivity contribution in [3.05, 3.63) is 34.9 Å². The summed E-state index contributed by atoms with van der Waals surface area (Å²) in [6, 6.07) is 7.15. The molecule has 0 heterocycles. The zero-order valence-electron chi connectivity index (χ0n) is 11.5. The average Bonchev–Trinajstić information content (AvgIpc) is 3.17. The predicted molar refractivity (Wildman–Crippen MR) is 74.5 cm³/mol. The molecule has 1 saturated carbocycles. The van der Waals surface area contributed by atoms with Crippen molar-refractivity contribution >= 4 is 23.5 Å². The second-order valence-corrected chi connectivity index (χ2v) is 5.16. The van der Waals surface area contributed by atoms with Gasteiger partial charge in [-0.25, -0.2) is 0 Å². The summed E-state index contributed by atoms with van der Waals surface area (Å²) < 4.78 is 10.1. The van der Waals surface area contributed by atoms with Crippen LogP contribution >= 0.6 is 11.6 Å². The first-order valence-electron chi connectivity index (χ1n) is 6.66. The third-order valence-corrected chi connectivity index (χ3v) is 3.76. The fourth-order valence-corrected chi connectivity index (χ4v) is 2.54. The molecule has 1 aliphatic rings. The van der Waals surface area contributed by atoms with E-state index < -0.39 is 17.4 Å². The number of esters is 2. The van der Waals surface area contributed by atoms with Crippen LogP contribution in [-0.4, -0.2) is 25.2 Å². The van der Waals surface area contributed by atoms with Gasteiger partial charge in [-0.3, -0.25) is 9.59 Å². The van der Waals surface area contributed by atoms with Crippen LogP contribution < -0.4 is 0 Å². The first-order chi connectivity index (χ1) is 9.56. The van der Waals surface area contributed by atoms with Crippen molar-refractivity contribution < 1.29 is 19.1 Å². The Morgan fingerprint density at radius 1 is 1.15 bits per heavy atom. The Hall–Kier alpha value is -1.55. The molecule has 0 N–H and O–H groups in total. The molecule has 0 spiro atoms. The van der Waals surface area contributed by atoms with E-state index in [9.17, 15) is 9.59 Å². The van der Waals surface area contributed by atoms with Crippen LogP contribution in [0.3, 0.4) is 0 Å². The van der Waals surface area contributed by atoms with E-state index in [1.54, 1.807) is 26.0 Å². The van der Waals surface area contributed by atoms with Crippen molar-refractivity contribution in [2.75, 3.05) is 13.2 Å². The Balaban J connectivity index is 2.25. The molecule has 0 unspecified atom stereocenters. The molecule has 20 heavy (non-hydrogen) atoms. The molecule has 1 aromatic rings. The fraction of sp³-hybridized carbons (Fsp3) is 0.467. The maximum atomic E-state index is 12.1. The van der Waals surface area contributed by atoms with Crippen LogP contribution in [-0.2, 0) is 19.1 Å². The van der Waals surface area contributed by atoms with Gasteiger partial charge < -0.3 is 9.47 Å². The van der Waals surface area contributed by atoms with E-state index >= 15 is 0 Å². The van der Waals surface area contributed by atoms with Crippen LogP contribution in [0.1, 0.15) is 31.7 Å². The fourth-order valence-electron chi connectivity index (χ4n) is 2.41. The lowest BCUT2D eigenvalue weighted by Gasteiger charge is -2.14. The lowest BCUT2D eigenvalue weighted by atomic mass is 9.99. The highest BCUT2D eigenvalue weighted by Crippen LogP contribution is 2.60. The Morgan fingerprint density at radius 3 is 2.10 bits per heavy atom. The van der Waals surface area contributed by atoms with Gasteiger partial charge in [-0.15, -0.1) is 0 Å². The number of carbonyl (C=O) groups is 2. The summed E-state index contributed by atoms with van der Waals surface area (Å²) in [4.78, 5) is 24.3. The number of hydrogen-bond donors (Lipinski definition) is 0. The van der Waals surface area contributed by atoms with Gasteiger partial charge in [0.25, 0.3) is 0 Å². The van der Waals surface area contributed by atoms with Gasteiger partial charge in [0.15, 0.2) is 5.41 Å². The molecule has 0 radical (unpaired) electrons. The van der Waals surface area contributed by atoms with Gasteiger partial charge in [-0.1, -0.05) is 23.7 Å². The lowest BCUT2D eigenvalue weighted by molar-refractivity contribution is -0.164. The molecule has 0 aliphatic heterocycles. The highest BCUT2D eigenvalue weighted by atomic mass is 35.5. The Morgan fingerprint density at radius 2 is 1.65 bits per heavy atom. The first-order valence-corrected chi connectivity index (χ1v) is 7.04. The van der Waals surface area contributed by atoms with Crippen LogP contribution in [0.2, 0.25) is 5.02 Å². The van der Waals surface area contributed by atoms with Gasteiger partial charge in [0.05, 0.1) is 13.2 Å². The molecule has 0 amide bonds. The lowest BCUT2D eigenvalue weighted by Crippen LogP contribution is -2.31. The van der Waals surface area contributed by atoms with E-state index in [0.29, 0.717) is 11.4 Å². The highest BCUT2D eigenvalue weighted by molar-refractivity contribution is 6.30. The molecule has 0 bridgehead atoms. The molecule has 0 aromatic heterocycles. The van der Waals surface area contributed by atoms with Gasteiger partial charge >= 0.3 is 11.9 Å². The zero-order chi connectivity index (χ0) is 14.8. The normalized spacial score (nSPS) is 19.2. The number of ether oxygens (including phenoxy) is 2. The molecule has 5 heteroatoms. The van der Waals surface area contributed by atoms with Crippen LogP contribution in [0.5, 0.6) is 0 Å². The summed E-state index contributed by atoms with van der Waals surface area (Å²) in [7, 11) is 0. The maximum absolute atomic E-state index is 12.1. The topological polar surface area (TPSA) is 52.6 Å². The quantitative estimate of drug-likeness (QED) is 0.619. The van der Waals surface area contributed by atoms with E-state index in [0.717, 1.165) is 5.56 Å². The van der Waals surface area contributed by atoms with Crippen molar-refractivity contribution in [2.24, 2.45) is 5.41 Å². The largest absolute Gasteiger partial charge is 0.465 e.